The second-order valence-electron chi connectivity index (χ2n) is 3.78. The monoisotopic (exact) mass is 330 g/mol. The number of benzene rings is 1. The minimum absolute atomic E-state index is 0.188. The first-order chi connectivity index (χ1) is 8.49. The van der Waals surface area contributed by atoms with Crippen LogP contribution in [0.5, 0.6) is 0 Å². The minimum Gasteiger partial charge on any atom is -0.291 e. The van der Waals surface area contributed by atoms with Gasteiger partial charge in [-0.1, -0.05) is 11.6 Å². The predicted molar refractivity (Wildman–Crippen MR) is 71.4 cm³/mol. The fourth-order valence-electron chi connectivity index (χ4n) is 1.57. The predicted octanol–water partition coefficient (Wildman–Crippen LogP) is 3.16. The molecule has 3 nitrogen and oxygen atoms in total. The van der Waals surface area contributed by atoms with E-state index in [0.717, 1.165) is 0 Å². The van der Waals surface area contributed by atoms with Crippen molar-refractivity contribution in [3.05, 3.63) is 61.5 Å². The van der Waals surface area contributed by atoms with Gasteiger partial charge in [0, 0.05) is 11.2 Å². The van der Waals surface area contributed by atoms with Crippen LogP contribution in [0, 0.1) is 12.7 Å². The van der Waals surface area contributed by atoms with E-state index >= 15 is 0 Å². The lowest BCUT2D eigenvalue weighted by Crippen LogP contribution is -2.24. The fraction of sp³-hybridized carbons (Fsp3) is 0.167. The van der Waals surface area contributed by atoms with E-state index in [1.54, 1.807) is 6.92 Å². The Morgan fingerprint density at radius 1 is 1.50 bits per heavy atom. The standard InChI is InChI=1S/C12H9BrClFN2O/c1-7-16-5-10(13)12(18)17(7)6-8-4-9(15)2-3-11(8)14/h2-5H,6H2,1H3. The SMILES string of the molecule is Cc1ncc(Br)c(=O)n1Cc1cc(F)ccc1Cl. The third-order valence-electron chi connectivity index (χ3n) is 2.54. The summed E-state index contributed by atoms with van der Waals surface area (Å²) in [5, 5.41) is 0.419. The number of nitrogens with zero attached hydrogens (tertiary/aromatic N) is 2. The van der Waals surface area contributed by atoms with E-state index in [2.05, 4.69) is 20.9 Å². The normalized spacial score (nSPS) is 10.7. The van der Waals surface area contributed by atoms with Gasteiger partial charge in [0.1, 0.15) is 16.1 Å². The van der Waals surface area contributed by atoms with Crippen LogP contribution in [-0.4, -0.2) is 9.55 Å². The summed E-state index contributed by atoms with van der Waals surface area (Å²) in [6.45, 7) is 1.90. The second-order valence-corrected chi connectivity index (χ2v) is 5.04. The van der Waals surface area contributed by atoms with Gasteiger partial charge < -0.3 is 0 Å². The molecule has 1 aromatic carbocycles. The number of aryl methyl sites for hydroxylation is 1. The first-order valence-corrected chi connectivity index (χ1v) is 6.32. The van der Waals surface area contributed by atoms with Gasteiger partial charge >= 0.3 is 0 Å². The van der Waals surface area contributed by atoms with Crippen LogP contribution >= 0.6 is 27.5 Å². The molecule has 0 amide bonds. The zero-order valence-electron chi connectivity index (χ0n) is 9.45. The van der Waals surface area contributed by atoms with Crippen molar-refractivity contribution in [2.75, 3.05) is 0 Å². The molecular formula is C12H9BrClFN2O. The summed E-state index contributed by atoms with van der Waals surface area (Å²) >= 11 is 9.10. The molecule has 0 spiro atoms. The van der Waals surface area contributed by atoms with E-state index in [1.807, 2.05) is 0 Å². The van der Waals surface area contributed by atoms with E-state index in [1.165, 1.54) is 29.0 Å². The van der Waals surface area contributed by atoms with E-state index < -0.39 is 0 Å². The summed E-state index contributed by atoms with van der Waals surface area (Å²) in [5.74, 6) is 0.159. The van der Waals surface area contributed by atoms with Crippen LogP contribution in [0.3, 0.4) is 0 Å². The Balaban J connectivity index is 2.49. The molecule has 0 saturated heterocycles. The quantitative estimate of drug-likeness (QED) is 0.847. The van der Waals surface area contributed by atoms with Gasteiger partial charge in [0.05, 0.1) is 6.54 Å². The summed E-state index contributed by atoms with van der Waals surface area (Å²) in [7, 11) is 0. The van der Waals surface area contributed by atoms with Crippen LogP contribution in [0.1, 0.15) is 11.4 Å². The Bertz CT molecular complexity index is 657. The third kappa shape index (κ3) is 2.62. The lowest BCUT2D eigenvalue weighted by molar-refractivity contribution is 0.620. The van der Waals surface area contributed by atoms with Crippen molar-refractivity contribution < 1.29 is 4.39 Å². The number of halogens is 3. The zero-order chi connectivity index (χ0) is 13.3. The molecule has 1 heterocycles. The average Bonchev–Trinajstić information content (AvgIpc) is 2.34. The van der Waals surface area contributed by atoms with Crippen LogP contribution < -0.4 is 5.56 Å². The van der Waals surface area contributed by atoms with Crippen LogP contribution in [0.2, 0.25) is 5.02 Å². The average molecular weight is 332 g/mol. The number of rotatable bonds is 2. The van der Waals surface area contributed by atoms with Gasteiger partial charge in [-0.3, -0.25) is 9.36 Å². The summed E-state index contributed by atoms with van der Waals surface area (Å²) in [4.78, 5) is 16.0. The van der Waals surface area contributed by atoms with Crippen molar-refractivity contribution in [1.82, 2.24) is 9.55 Å². The third-order valence-corrected chi connectivity index (χ3v) is 3.45. The van der Waals surface area contributed by atoms with E-state index in [4.69, 9.17) is 11.6 Å². The van der Waals surface area contributed by atoms with E-state index in [9.17, 15) is 9.18 Å². The molecular weight excluding hydrogens is 322 g/mol. The molecule has 0 radical (unpaired) electrons. The van der Waals surface area contributed by atoms with Gasteiger partial charge in [-0.15, -0.1) is 0 Å². The highest BCUT2D eigenvalue weighted by Crippen LogP contribution is 2.18. The Morgan fingerprint density at radius 2 is 2.22 bits per heavy atom. The molecule has 1 aromatic heterocycles. The molecule has 0 bridgehead atoms. The Hall–Kier alpha value is -1.20. The van der Waals surface area contributed by atoms with E-state index in [-0.39, 0.29) is 17.9 Å². The van der Waals surface area contributed by atoms with Gasteiger partial charge in [-0.05, 0) is 46.6 Å². The van der Waals surface area contributed by atoms with E-state index in [0.29, 0.717) is 20.9 Å². The Morgan fingerprint density at radius 3 is 2.94 bits per heavy atom. The molecule has 2 aromatic rings. The van der Waals surface area contributed by atoms with Crippen molar-refractivity contribution in [3.8, 4) is 0 Å². The Kier molecular flexibility index (Phi) is 3.82. The molecule has 0 fully saturated rings. The maximum absolute atomic E-state index is 13.2. The number of hydrogen-bond donors (Lipinski definition) is 0. The number of hydrogen-bond acceptors (Lipinski definition) is 2. The number of aromatic nitrogens is 2. The van der Waals surface area contributed by atoms with Gasteiger partial charge in [-0.25, -0.2) is 9.37 Å². The molecule has 18 heavy (non-hydrogen) atoms. The molecule has 2 rings (SSSR count). The van der Waals surface area contributed by atoms with Crippen LogP contribution in [-0.2, 0) is 6.54 Å². The highest BCUT2D eigenvalue weighted by molar-refractivity contribution is 9.10. The molecule has 0 aliphatic rings. The highest BCUT2D eigenvalue weighted by Gasteiger charge is 2.09. The van der Waals surface area contributed by atoms with Crippen molar-refractivity contribution in [2.45, 2.75) is 13.5 Å². The topological polar surface area (TPSA) is 34.9 Å². The van der Waals surface area contributed by atoms with Crippen molar-refractivity contribution >= 4 is 27.5 Å². The zero-order valence-corrected chi connectivity index (χ0v) is 11.8. The molecule has 0 aliphatic heterocycles. The molecule has 0 unspecified atom stereocenters. The molecule has 0 aliphatic carbocycles. The van der Waals surface area contributed by atoms with Crippen LogP contribution in [0.15, 0.2) is 33.7 Å². The molecule has 6 heteroatoms. The molecule has 94 valence electrons. The van der Waals surface area contributed by atoms with Gasteiger partial charge in [0.25, 0.3) is 5.56 Å². The molecule has 0 N–H and O–H groups in total. The molecule has 0 saturated carbocycles. The fourth-order valence-corrected chi connectivity index (χ4v) is 2.07. The van der Waals surface area contributed by atoms with Crippen molar-refractivity contribution in [1.29, 1.82) is 0 Å². The van der Waals surface area contributed by atoms with Gasteiger partial charge in [0.2, 0.25) is 0 Å². The summed E-state index contributed by atoms with van der Waals surface area (Å²) < 4.78 is 15.0. The maximum Gasteiger partial charge on any atom is 0.268 e. The van der Waals surface area contributed by atoms with Crippen LogP contribution in [0.4, 0.5) is 4.39 Å². The first kappa shape index (κ1) is 13.2. The summed E-state index contributed by atoms with van der Waals surface area (Å²) in [5.41, 5.74) is 0.324. The van der Waals surface area contributed by atoms with Crippen LogP contribution in [0.25, 0.3) is 0 Å². The highest BCUT2D eigenvalue weighted by atomic mass is 79.9. The smallest absolute Gasteiger partial charge is 0.268 e. The lowest BCUT2D eigenvalue weighted by atomic mass is 10.2. The second kappa shape index (κ2) is 5.20. The largest absolute Gasteiger partial charge is 0.291 e. The van der Waals surface area contributed by atoms with Gasteiger partial charge in [0.15, 0.2) is 0 Å². The summed E-state index contributed by atoms with van der Waals surface area (Å²) in [6, 6.07) is 4.06. The lowest BCUT2D eigenvalue weighted by Gasteiger charge is -2.10. The van der Waals surface area contributed by atoms with Crippen molar-refractivity contribution in [3.63, 3.8) is 0 Å². The van der Waals surface area contributed by atoms with Crippen molar-refractivity contribution in [2.24, 2.45) is 0 Å². The Labute approximate surface area is 116 Å². The minimum atomic E-state index is -0.386. The molecule has 0 atom stereocenters. The van der Waals surface area contributed by atoms with Gasteiger partial charge in [-0.2, -0.15) is 0 Å². The maximum atomic E-state index is 13.2. The summed E-state index contributed by atoms with van der Waals surface area (Å²) in [6.07, 6.45) is 1.45. The first-order valence-electron chi connectivity index (χ1n) is 5.15.